The number of nitrogens with two attached hydrogens (primary N) is 1. The van der Waals surface area contributed by atoms with Crippen LogP contribution in [0.2, 0.25) is 0 Å². The fraction of sp³-hybridized carbons (Fsp3) is 0.417. The van der Waals surface area contributed by atoms with Crippen LogP contribution >= 0.6 is 0 Å². The predicted octanol–water partition coefficient (Wildman–Crippen LogP) is 0.807. The van der Waals surface area contributed by atoms with E-state index in [-0.39, 0.29) is 6.10 Å². The Balaban J connectivity index is 1.91. The summed E-state index contributed by atoms with van der Waals surface area (Å²) in [7, 11) is 0. The van der Waals surface area contributed by atoms with Crippen molar-refractivity contribution < 1.29 is 9.47 Å². The maximum absolute atomic E-state index is 5.87. The predicted molar refractivity (Wildman–Crippen MR) is 62.6 cm³/mol. The Hall–Kier alpha value is -1.39. The first kappa shape index (κ1) is 11.1. The van der Waals surface area contributed by atoms with Crippen LogP contribution in [0, 0.1) is 0 Å². The van der Waals surface area contributed by atoms with Crippen molar-refractivity contribution in [3.05, 3.63) is 35.9 Å². The van der Waals surface area contributed by atoms with E-state index in [0.717, 1.165) is 5.56 Å². The number of amidine groups is 1. The Morgan fingerprint density at radius 1 is 1.31 bits per heavy atom. The third-order valence-electron chi connectivity index (χ3n) is 2.42. The fourth-order valence-corrected chi connectivity index (χ4v) is 1.54. The molecule has 1 aromatic rings. The quantitative estimate of drug-likeness (QED) is 0.605. The lowest BCUT2D eigenvalue weighted by molar-refractivity contribution is -0.0832. The molecule has 0 saturated carbocycles. The normalized spacial score (nSPS) is 22.0. The van der Waals surface area contributed by atoms with Crippen LogP contribution < -0.4 is 5.73 Å². The molecular formula is C12H16N2O2. The minimum Gasteiger partial charge on any atom is -0.384 e. The van der Waals surface area contributed by atoms with E-state index < -0.39 is 0 Å². The molecule has 0 aliphatic carbocycles. The standard InChI is InChI=1S/C12H16N2O2/c13-12(10-4-2-1-3-5-10)14-8-11-9-15-6-7-16-11/h1-5,11H,6-9H2,(H2,13,14). The molecule has 0 bridgehead atoms. The second-order valence-corrected chi connectivity index (χ2v) is 3.66. The minimum atomic E-state index is 0.0380. The van der Waals surface area contributed by atoms with Crippen molar-refractivity contribution in [3.63, 3.8) is 0 Å². The van der Waals surface area contributed by atoms with E-state index in [0.29, 0.717) is 32.2 Å². The first-order valence-corrected chi connectivity index (χ1v) is 5.41. The summed E-state index contributed by atoms with van der Waals surface area (Å²) in [5, 5.41) is 0. The number of rotatable bonds is 3. The average Bonchev–Trinajstić information content (AvgIpc) is 2.38. The second kappa shape index (κ2) is 5.63. The summed E-state index contributed by atoms with van der Waals surface area (Å²) in [5.41, 5.74) is 6.81. The third-order valence-corrected chi connectivity index (χ3v) is 2.42. The Kier molecular flexibility index (Phi) is 3.91. The van der Waals surface area contributed by atoms with E-state index >= 15 is 0 Å². The van der Waals surface area contributed by atoms with E-state index in [2.05, 4.69) is 4.99 Å². The van der Waals surface area contributed by atoms with Crippen molar-refractivity contribution in [1.29, 1.82) is 0 Å². The Morgan fingerprint density at radius 2 is 2.12 bits per heavy atom. The summed E-state index contributed by atoms with van der Waals surface area (Å²) in [5.74, 6) is 0.551. The molecule has 1 aliphatic rings. The molecule has 4 heteroatoms. The molecule has 2 N–H and O–H groups in total. The van der Waals surface area contributed by atoms with Crippen LogP contribution in [0.15, 0.2) is 35.3 Å². The smallest absolute Gasteiger partial charge is 0.125 e. The molecule has 1 unspecified atom stereocenters. The summed E-state index contributed by atoms with van der Waals surface area (Å²) in [6.45, 7) is 2.48. The highest BCUT2D eigenvalue weighted by Crippen LogP contribution is 2.03. The summed E-state index contributed by atoms with van der Waals surface area (Å²) < 4.78 is 10.8. The van der Waals surface area contributed by atoms with Crippen LogP contribution in [0.25, 0.3) is 0 Å². The van der Waals surface area contributed by atoms with Gasteiger partial charge in [0, 0.05) is 5.56 Å². The van der Waals surface area contributed by atoms with Gasteiger partial charge in [-0.25, -0.2) is 0 Å². The third kappa shape index (κ3) is 3.05. The molecular weight excluding hydrogens is 204 g/mol. The second-order valence-electron chi connectivity index (χ2n) is 3.66. The number of hydrogen-bond donors (Lipinski definition) is 1. The molecule has 4 nitrogen and oxygen atoms in total. The number of nitrogens with zero attached hydrogens (tertiary/aromatic N) is 1. The van der Waals surface area contributed by atoms with E-state index in [1.165, 1.54) is 0 Å². The van der Waals surface area contributed by atoms with Gasteiger partial charge in [0.1, 0.15) is 11.9 Å². The minimum absolute atomic E-state index is 0.0380. The van der Waals surface area contributed by atoms with Gasteiger partial charge in [-0.2, -0.15) is 0 Å². The largest absolute Gasteiger partial charge is 0.384 e. The van der Waals surface area contributed by atoms with E-state index in [1.54, 1.807) is 0 Å². The van der Waals surface area contributed by atoms with Crippen LogP contribution in [-0.2, 0) is 9.47 Å². The van der Waals surface area contributed by atoms with Crippen LogP contribution in [0.5, 0.6) is 0 Å². The SMILES string of the molecule is NC(=NCC1COCCO1)c1ccccc1. The number of aliphatic imine (C=N–C) groups is 1. The van der Waals surface area contributed by atoms with Crippen LogP contribution in [-0.4, -0.2) is 38.3 Å². The van der Waals surface area contributed by atoms with E-state index in [4.69, 9.17) is 15.2 Å². The molecule has 1 fully saturated rings. The Labute approximate surface area is 95.1 Å². The zero-order chi connectivity index (χ0) is 11.2. The molecule has 0 spiro atoms. The van der Waals surface area contributed by atoms with E-state index in [1.807, 2.05) is 30.3 Å². The molecule has 1 aromatic carbocycles. The summed E-state index contributed by atoms with van der Waals surface area (Å²) in [6, 6.07) is 9.72. The molecule has 1 aliphatic heterocycles. The van der Waals surface area contributed by atoms with Gasteiger partial charge in [-0.15, -0.1) is 0 Å². The molecule has 1 heterocycles. The van der Waals surface area contributed by atoms with Crippen LogP contribution in [0.1, 0.15) is 5.56 Å². The zero-order valence-electron chi connectivity index (χ0n) is 9.13. The first-order valence-electron chi connectivity index (χ1n) is 5.41. The highest BCUT2D eigenvalue weighted by molar-refractivity contribution is 5.97. The molecule has 2 rings (SSSR count). The fourth-order valence-electron chi connectivity index (χ4n) is 1.54. The van der Waals surface area contributed by atoms with Gasteiger partial charge in [-0.3, -0.25) is 4.99 Å². The van der Waals surface area contributed by atoms with Crippen molar-refractivity contribution in [2.75, 3.05) is 26.4 Å². The van der Waals surface area contributed by atoms with Gasteiger partial charge in [0.15, 0.2) is 0 Å². The zero-order valence-corrected chi connectivity index (χ0v) is 9.13. The lowest BCUT2D eigenvalue weighted by Gasteiger charge is -2.21. The van der Waals surface area contributed by atoms with Gasteiger partial charge in [0.05, 0.1) is 26.4 Å². The maximum Gasteiger partial charge on any atom is 0.125 e. The summed E-state index contributed by atoms with van der Waals surface area (Å²) in [6.07, 6.45) is 0.0380. The van der Waals surface area contributed by atoms with Gasteiger partial charge in [-0.05, 0) is 0 Å². The monoisotopic (exact) mass is 220 g/mol. The highest BCUT2D eigenvalue weighted by atomic mass is 16.6. The van der Waals surface area contributed by atoms with E-state index in [9.17, 15) is 0 Å². The van der Waals surface area contributed by atoms with Gasteiger partial charge in [0.25, 0.3) is 0 Å². The van der Waals surface area contributed by atoms with Gasteiger partial charge >= 0.3 is 0 Å². The van der Waals surface area contributed by atoms with Crippen molar-refractivity contribution in [1.82, 2.24) is 0 Å². The van der Waals surface area contributed by atoms with Crippen molar-refractivity contribution >= 4 is 5.84 Å². The van der Waals surface area contributed by atoms with Crippen molar-refractivity contribution in [3.8, 4) is 0 Å². The molecule has 0 amide bonds. The lowest BCUT2D eigenvalue weighted by Crippen LogP contribution is -2.31. The topological polar surface area (TPSA) is 56.8 Å². The van der Waals surface area contributed by atoms with Crippen molar-refractivity contribution in [2.24, 2.45) is 10.7 Å². The molecule has 1 atom stereocenters. The molecule has 86 valence electrons. The molecule has 0 aromatic heterocycles. The first-order chi connectivity index (χ1) is 7.86. The number of hydrogen-bond acceptors (Lipinski definition) is 3. The maximum atomic E-state index is 5.87. The lowest BCUT2D eigenvalue weighted by atomic mass is 10.2. The van der Waals surface area contributed by atoms with Gasteiger partial charge in [-0.1, -0.05) is 30.3 Å². The number of ether oxygens (including phenoxy) is 2. The van der Waals surface area contributed by atoms with Crippen LogP contribution in [0.3, 0.4) is 0 Å². The Morgan fingerprint density at radius 3 is 2.81 bits per heavy atom. The summed E-state index contributed by atoms with van der Waals surface area (Å²) in [4.78, 5) is 4.31. The molecule has 1 saturated heterocycles. The average molecular weight is 220 g/mol. The molecule has 0 radical (unpaired) electrons. The van der Waals surface area contributed by atoms with Crippen LogP contribution in [0.4, 0.5) is 0 Å². The summed E-state index contributed by atoms with van der Waals surface area (Å²) >= 11 is 0. The van der Waals surface area contributed by atoms with Crippen molar-refractivity contribution in [2.45, 2.75) is 6.10 Å². The van der Waals surface area contributed by atoms with Gasteiger partial charge < -0.3 is 15.2 Å². The Bertz CT molecular complexity index is 345. The number of benzene rings is 1. The molecule has 16 heavy (non-hydrogen) atoms. The highest BCUT2D eigenvalue weighted by Gasteiger charge is 2.13. The van der Waals surface area contributed by atoms with Gasteiger partial charge in [0.2, 0.25) is 0 Å².